The van der Waals surface area contributed by atoms with Crippen molar-refractivity contribution in [2.24, 2.45) is 0 Å². The molecule has 30 heavy (non-hydrogen) atoms. The Balaban J connectivity index is 1.49. The summed E-state index contributed by atoms with van der Waals surface area (Å²) in [6.07, 6.45) is 6.50. The number of aromatic nitrogens is 4. The van der Waals surface area contributed by atoms with Gasteiger partial charge in [0.2, 0.25) is 0 Å². The summed E-state index contributed by atoms with van der Waals surface area (Å²) < 4.78 is 42.7. The third kappa shape index (κ3) is 4.28. The number of aryl methyl sites for hydroxylation is 1. The molecule has 10 heteroatoms. The summed E-state index contributed by atoms with van der Waals surface area (Å²) in [5, 5.41) is 3.14. The van der Waals surface area contributed by atoms with Gasteiger partial charge < -0.3 is 5.32 Å². The van der Waals surface area contributed by atoms with Crippen molar-refractivity contribution in [3.63, 3.8) is 0 Å². The number of anilines is 3. The Bertz CT molecular complexity index is 1280. The standard InChI is InChI=1S/C20H17FN6O2S/c1-14-10-15(21)2-7-18(14)30(28,29)26-17-5-3-16(4-6-17)25-19-11-20(24-12-23-19)27-9-8-22-13-27/h2-13,26H,1H3,(H,23,24,25). The van der Waals surface area contributed by atoms with Crippen LogP contribution < -0.4 is 10.0 Å². The number of benzene rings is 2. The van der Waals surface area contributed by atoms with Gasteiger partial charge in [-0.05, 0) is 55.0 Å². The van der Waals surface area contributed by atoms with Gasteiger partial charge in [0.05, 0.1) is 4.90 Å². The minimum atomic E-state index is -3.83. The van der Waals surface area contributed by atoms with Crippen LogP contribution in [0.3, 0.4) is 0 Å². The lowest BCUT2D eigenvalue weighted by atomic mass is 10.2. The van der Waals surface area contributed by atoms with E-state index in [2.05, 4.69) is 25.0 Å². The predicted molar refractivity (Wildman–Crippen MR) is 111 cm³/mol. The zero-order chi connectivity index (χ0) is 21.1. The van der Waals surface area contributed by atoms with Gasteiger partial charge in [-0.2, -0.15) is 0 Å². The highest BCUT2D eigenvalue weighted by atomic mass is 32.2. The van der Waals surface area contributed by atoms with Crippen molar-refractivity contribution in [2.75, 3.05) is 10.0 Å². The normalized spacial score (nSPS) is 11.3. The number of hydrogen-bond acceptors (Lipinski definition) is 6. The highest BCUT2D eigenvalue weighted by Crippen LogP contribution is 2.23. The second-order valence-corrected chi connectivity index (χ2v) is 8.10. The maximum absolute atomic E-state index is 13.3. The van der Waals surface area contributed by atoms with Crippen LogP contribution in [0.15, 0.2) is 78.5 Å². The fourth-order valence-corrected chi connectivity index (χ4v) is 4.13. The largest absolute Gasteiger partial charge is 0.340 e. The average molecular weight is 424 g/mol. The van der Waals surface area contributed by atoms with Crippen molar-refractivity contribution in [3.8, 4) is 5.82 Å². The van der Waals surface area contributed by atoms with Crippen molar-refractivity contribution in [1.29, 1.82) is 0 Å². The summed E-state index contributed by atoms with van der Waals surface area (Å²) in [6, 6.07) is 12.0. The smallest absolute Gasteiger partial charge is 0.262 e. The Morgan fingerprint density at radius 2 is 1.77 bits per heavy atom. The van der Waals surface area contributed by atoms with Gasteiger partial charge in [0.1, 0.15) is 30.1 Å². The average Bonchev–Trinajstić information content (AvgIpc) is 3.24. The Morgan fingerprint density at radius 1 is 1.00 bits per heavy atom. The molecule has 0 amide bonds. The summed E-state index contributed by atoms with van der Waals surface area (Å²) in [7, 11) is -3.83. The molecule has 0 aliphatic rings. The van der Waals surface area contributed by atoms with E-state index in [0.717, 1.165) is 6.07 Å². The minimum Gasteiger partial charge on any atom is -0.340 e. The Morgan fingerprint density at radius 3 is 2.47 bits per heavy atom. The highest BCUT2D eigenvalue weighted by molar-refractivity contribution is 7.92. The van der Waals surface area contributed by atoms with Crippen molar-refractivity contribution in [1.82, 2.24) is 19.5 Å². The number of imidazole rings is 1. The van der Waals surface area contributed by atoms with E-state index in [-0.39, 0.29) is 4.90 Å². The summed E-state index contributed by atoms with van der Waals surface area (Å²) in [5.41, 5.74) is 1.43. The molecule has 4 rings (SSSR count). The van der Waals surface area contributed by atoms with E-state index in [0.29, 0.717) is 28.6 Å². The van der Waals surface area contributed by atoms with Gasteiger partial charge in [-0.3, -0.25) is 9.29 Å². The molecule has 0 aliphatic heterocycles. The fourth-order valence-electron chi connectivity index (χ4n) is 2.85. The molecule has 0 aliphatic carbocycles. The molecular weight excluding hydrogens is 407 g/mol. The maximum Gasteiger partial charge on any atom is 0.262 e. The van der Waals surface area contributed by atoms with Gasteiger partial charge in [0, 0.05) is 29.8 Å². The molecule has 2 heterocycles. The lowest BCUT2D eigenvalue weighted by molar-refractivity contribution is 0.598. The minimum absolute atomic E-state index is 0.0270. The summed E-state index contributed by atoms with van der Waals surface area (Å²) in [4.78, 5) is 12.4. The van der Waals surface area contributed by atoms with E-state index in [1.807, 2.05) is 0 Å². The van der Waals surface area contributed by atoms with Gasteiger partial charge >= 0.3 is 0 Å². The zero-order valence-electron chi connectivity index (χ0n) is 15.8. The van der Waals surface area contributed by atoms with Crippen molar-refractivity contribution in [2.45, 2.75) is 11.8 Å². The van der Waals surface area contributed by atoms with Crippen molar-refractivity contribution < 1.29 is 12.8 Å². The summed E-state index contributed by atoms with van der Waals surface area (Å²) in [5.74, 6) is 0.746. The monoisotopic (exact) mass is 424 g/mol. The molecule has 0 unspecified atom stereocenters. The number of halogens is 1. The molecular formula is C20H17FN6O2S. The van der Waals surface area contributed by atoms with Crippen LogP contribution in [0.1, 0.15) is 5.56 Å². The fraction of sp³-hybridized carbons (Fsp3) is 0.0500. The molecule has 152 valence electrons. The van der Waals surface area contributed by atoms with Crippen molar-refractivity contribution in [3.05, 3.63) is 85.0 Å². The Hall–Kier alpha value is -3.79. The van der Waals surface area contributed by atoms with Gasteiger partial charge in [-0.15, -0.1) is 0 Å². The van der Waals surface area contributed by atoms with E-state index in [4.69, 9.17) is 0 Å². The predicted octanol–water partition coefficient (Wildman–Crippen LogP) is 3.65. The zero-order valence-corrected chi connectivity index (χ0v) is 16.6. The van der Waals surface area contributed by atoms with Crippen molar-refractivity contribution >= 4 is 27.2 Å². The Kier molecular flexibility index (Phi) is 5.15. The lowest BCUT2D eigenvalue weighted by Gasteiger charge is -2.12. The first kappa shape index (κ1) is 19.5. The molecule has 2 aromatic carbocycles. The number of nitrogens with one attached hydrogen (secondary N) is 2. The molecule has 0 fully saturated rings. The van der Waals surface area contributed by atoms with E-state index in [1.165, 1.54) is 18.5 Å². The third-order valence-corrected chi connectivity index (χ3v) is 5.80. The molecule has 0 bridgehead atoms. The third-order valence-electron chi connectivity index (χ3n) is 4.26. The van der Waals surface area contributed by atoms with Crippen LogP contribution in [0.4, 0.5) is 21.6 Å². The maximum atomic E-state index is 13.3. The number of nitrogens with zero attached hydrogens (tertiary/aromatic N) is 4. The summed E-state index contributed by atoms with van der Waals surface area (Å²) >= 11 is 0. The van der Waals surface area contributed by atoms with Crippen LogP contribution >= 0.6 is 0 Å². The molecule has 2 aromatic heterocycles. The molecule has 8 nitrogen and oxygen atoms in total. The van der Waals surface area contributed by atoms with Crippen LogP contribution in [0.5, 0.6) is 0 Å². The number of sulfonamides is 1. The van der Waals surface area contributed by atoms with Gasteiger partial charge in [-0.1, -0.05) is 0 Å². The molecule has 0 atom stereocenters. The van der Waals surface area contributed by atoms with Crippen LogP contribution in [0.25, 0.3) is 5.82 Å². The first-order valence-corrected chi connectivity index (χ1v) is 10.4. The molecule has 0 saturated heterocycles. The quantitative estimate of drug-likeness (QED) is 0.490. The summed E-state index contributed by atoms with van der Waals surface area (Å²) in [6.45, 7) is 1.55. The van der Waals surface area contributed by atoms with Gasteiger partial charge in [0.15, 0.2) is 0 Å². The molecule has 0 saturated carbocycles. The number of rotatable bonds is 6. The van der Waals surface area contributed by atoms with E-state index < -0.39 is 15.8 Å². The van der Waals surface area contributed by atoms with Crippen LogP contribution in [0.2, 0.25) is 0 Å². The SMILES string of the molecule is Cc1cc(F)ccc1S(=O)(=O)Nc1ccc(Nc2cc(-n3ccnc3)ncn2)cc1. The topological polar surface area (TPSA) is 102 Å². The second-order valence-electron chi connectivity index (χ2n) is 6.45. The first-order valence-electron chi connectivity index (χ1n) is 8.87. The van der Waals surface area contributed by atoms with E-state index in [9.17, 15) is 12.8 Å². The first-order chi connectivity index (χ1) is 14.4. The molecule has 2 N–H and O–H groups in total. The van der Waals surface area contributed by atoms with E-state index >= 15 is 0 Å². The second kappa shape index (κ2) is 7.91. The lowest BCUT2D eigenvalue weighted by Crippen LogP contribution is -2.14. The van der Waals surface area contributed by atoms with Crippen LogP contribution in [-0.2, 0) is 10.0 Å². The molecule has 4 aromatic rings. The number of hydrogen-bond donors (Lipinski definition) is 2. The molecule has 0 spiro atoms. The van der Waals surface area contributed by atoms with Crippen LogP contribution in [0, 0.1) is 12.7 Å². The van der Waals surface area contributed by atoms with Crippen LogP contribution in [-0.4, -0.2) is 27.9 Å². The highest BCUT2D eigenvalue weighted by Gasteiger charge is 2.17. The molecule has 0 radical (unpaired) electrons. The van der Waals surface area contributed by atoms with Gasteiger partial charge in [0.25, 0.3) is 10.0 Å². The Labute approximate surface area is 172 Å². The van der Waals surface area contributed by atoms with Gasteiger partial charge in [-0.25, -0.2) is 27.8 Å². The van der Waals surface area contributed by atoms with E-state index in [1.54, 1.807) is 60.5 Å².